The Bertz CT molecular complexity index is 843. The Hall–Kier alpha value is -2.55. The number of nitrogens with one attached hydrogen (secondary N) is 2. The van der Waals surface area contributed by atoms with Crippen LogP contribution >= 0.6 is 11.6 Å². The smallest absolute Gasteiger partial charge is 0.255 e. The Balaban J connectivity index is 1.85. The van der Waals surface area contributed by atoms with Gasteiger partial charge in [-0.05, 0) is 54.4 Å². The highest BCUT2D eigenvalue weighted by Gasteiger charge is 2.15. The largest absolute Gasteiger partial charge is 0.495 e. The number of methoxy groups -OCH3 is 1. The van der Waals surface area contributed by atoms with Crippen LogP contribution in [0.5, 0.6) is 5.75 Å². The van der Waals surface area contributed by atoms with Crippen LogP contribution in [0.25, 0.3) is 0 Å². The first kappa shape index (κ1) is 16.3. The summed E-state index contributed by atoms with van der Waals surface area (Å²) in [5.74, 6) is 0.144. The maximum absolute atomic E-state index is 12.4. The molecule has 1 amide bonds. The van der Waals surface area contributed by atoms with Gasteiger partial charge >= 0.3 is 0 Å². The van der Waals surface area contributed by atoms with E-state index in [1.807, 2.05) is 12.1 Å². The highest BCUT2D eigenvalue weighted by molar-refractivity contribution is 6.31. The van der Waals surface area contributed by atoms with E-state index in [0.717, 1.165) is 30.6 Å². The molecule has 2 aromatic rings. The number of carbonyl (C=O) groups excluding carboxylic acids is 1. The zero-order valence-electron chi connectivity index (χ0n) is 13.1. The number of nitrogens with zero attached hydrogens (tertiary/aromatic N) is 1. The van der Waals surface area contributed by atoms with Crippen molar-refractivity contribution in [2.75, 3.05) is 19.0 Å². The quantitative estimate of drug-likeness (QED) is 0.899. The second kappa shape index (κ2) is 6.91. The number of nitriles is 1. The maximum atomic E-state index is 12.4. The van der Waals surface area contributed by atoms with E-state index in [2.05, 4.69) is 10.6 Å². The van der Waals surface area contributed by atoms with Crippen molar-refractivity contribution in [1.82, 2.24) is 5.32 Å². The second-order valence-electron chi connectivity index (χ2n) is 5.50. The first-order valence-electron chi connectivity index (χ1n) is 7.54. The lowest BCUT2D eigenvalue weighted by Crippen LogP contribution is -2.24. The highest BCUT2D eigenvalue weighted by Crippen LogP contribution is 2.28. The summed E-state index contributed by atoms with van der Waals surface area (Å²) in [5, 5.41) is 15.9. The van der Waals surface area contributed by atoms with Crippen molar-refractivity contribution in [1.29, 1.82) is 5.26 Å². The number of ether oxygens (including phenoxy) is 1. The van der Waals surface area contributed by atoms with Gasteiger partial charge in [-0.1, -0.05) is 11.6 Å². The fraction of sp³-hybridized carbons (Fsp3) is 0.222. The van der Waals surface area contributed by atoms with E-state index in [1.54, 1.807) is 18.2 Å². The van der Waals surface area contributed by atoms with Crippen LogP contribution in [0.3, 0.4) is 0 Å². The molecular weight excluding hydrogens is 326 g/mol. The molecule has 2 aromatic carbocycles. The predicted molar refractivity (Wildman–Crippen MR) is 92.5 cm³/mol. The maximum Gasteiger partial charge on any atom is 0.255 e. The molecule has 122 valence electrons. The summed E-state index contributed by atoms with van der Waals surface area (Å²) < 4.78 is 5.09. The molecule has 0 aliphatic carbocycles. The number of hydrogen-bond acceptors (Lipinski definition) is 4. The van der Waals surface area contributed by atoms with Crippen LogP contribution < -0.4 is 15.4 Å². The second-order valence-corrected chi connectivity index (χ2v) is 5.91. The first-order chi connectivity index (χ1) is 11.6. The molecule has 0 saturated heterocycles. The molecule has 0 bridgehead atoms. The molecule has 0 atom stereocenters. The Morgan fingerprint density at radius 1 is 1.38 bits per heavy atom. The summed E-state index contributed by atoms with van der Waals surface area (Å²) in [6, 6.07) is 10.5. The molecule has 0 spiro atoms. The van der Waals surface area contributed by atoms with Crippen molar-refractivity contribution in [3.05, 3.63) is 57.6 Å². The van der Waals surface area contributed by atoms with Gasteiger partial charge < -0.3 is 15.4 Å². The number of fused-ring (bicyclic) bond motifs is 1. The summed E-state index contributed by atoms with van der Waals surface area (Å²) >= 11 is 6.33. The van der Waals surface area contributed by atoms with Crippen molar-refractivity contribution in [3.8, 4) is 11.8 Å². The van der Waals surface area contributed by atoms with Gasteiger partial charge in [-0.3, -0.25) is 4.79 Å². The summed E-state index contributed by atoms with van der Waals surface area (Å²) in [6.45, 7) is 1.64. The number of carbonyl (C=O) groups is 1. The van der Waals surface area contributed by atoms with Gasteiger partial charge in [0.1, 0.15) is 11.8 Å². The van der Waals surface area contributed by atoms with Crippen molar-refractivity contribution in [2.45, 2.75) is 13.0 Å². The SMILES string of the molecule is COc1ccc(C(=O)Nc2cc(Cl)c3c(c2)CNCC3)cc1C#N. The zero-order valence-corrected chi connectivity index (χ0v) is 13.9. The molecule has 0 radical (unpaired) electrons. The third kappa shape index (κ3) is 3.21. The molecule has 1 aliphatic heterocycles. The van der Waals surface area contributed by atoms with Gasteiger partial charge in [0.05, 0.1) is 12.7 Å². The Kier molecular flexibility index (Phi) is 4.70. The summed E-state index contributed by atoms with van der Waals surface area (Å²) in [5.41, 5.74) is 3.57. The summed E-state index contributed by atoms with van der Waals surface area (Å²) in [6.07, 6.45) is 0.881. The molecule has 0 aromatic heterocycles. The minimum absolute atomic E-state index is 0.297. The normalized spacial score (nSPS) is 12.9. The number of rotatable bonds is 3. The van der Waals surface area contributed by atoms with Gasteiger partial charge in [-0.25, -0.2) is 0 Å². The molecule has 0 fully saturated rings. The van der Waals surface area contributed by atoms with Crippen molar-refractivity contribution in [2.24, 2.45) is 0 Å². The lowest BCUT2D eigenvalue weighted by Gasteiger charge is -2.19. The minimum atomic E-state index is -0.297. The van der Waals surface area contributed by atoms with E-state index in [9.17, 15) is 4.79 Å². The monoisotopic (exact) mass is 341 g/mol. The lowest BCUT2D eigenvalue weighted by atomic mass is 10.00. The van der Waals surface area contributed by atoms with Crippen LogP contribution in [0, 0.1) is 11.3 Å². The molecular formula is C18H16ClN3O2. The van der Waals surface area contributed by atoms with Gasteiger partial charge in [-0.15, -0.1) is 0 Å². The molecule has 3 rings (SSSR count). The van der Waals surface area contributed by atoms with E-state index in [-0.39, 0.29) is 5.91 Å². The number of hydrogen-bond donors (Lipinski definition) is 2. The molecule has 24 heavy (non-hydrogen) atoms. The van der Waals surface area contributed by atoms with Crippen molar-refractivity contribution < 1.29 is 9.53 Å². The highest BCUT2D eigenvalue weighted by atomic mass is 35.5. The molecule has 2 N–H and O–H groups in total. The van der Waals surface area contributed by atoms with Crippen LogP contribution in [0.4, 0.5) is 5.69 Å². The molecule has 1 aliphatic rings. The third-order valence-corrected chi connectivity index (χ3v) is 4.33. The number of anilines is 1. The number of benzene rings is 2. The molecule has 0 saturated carbocycles. The lowest BCUT2D eigenvalue weighted by molar-refractivity contribution is 0.102. The average molecular weight is 342 g/mol. The van der Waals surface area contributed by atoms with Crippen LogP contribution in [-0.4, -0.2) is 19.6 Å². The Morgan fingerprint density at radius 3 is 2.96 bits per heavy atom. The molecule has 1 heterocycles. The zero-order chi connectivity index (χ0) is 17.1. The fourth-order valence-corrected chi connectivity index (χ4v) is 3.11. The van der Waals surface area contributed by atoms with E-state index in [1.165, 1.54) is 13.2 Å². The van der Waals surface area contributed by atoms with Crippen LogP contribution in [0.1, 0.15) is 27.0 Å². The number of amides is 1. The van der Waals surface area contributed by atoms with Gasteiger partial charge in [0, 0.05) is 22.8 Å². The molecule has 5 nitrogen and oxygen atoms in total. The van der Waals surface area contributed by atoms with E-state index in [0.29, 0.717) is 27.6 Å². The van der Waals surface area contributed by atoms with E-state index < -0.39 is 0 Å². The standard InChI is InChI=1S/C18H16ClN3O2/c1-24-17-3-2-11(6-12(17)9-20)18(23)22-14-7-13-10-21-5-4-15(13)16(19)8-14/h2-3,6-8,21H,4-5,10H2,1H3,(H,22,23). The minimum Gasteiger partial charge on any atom is -0.495 e. The van der Waals surface area contributed by atoms with Crippen molar-refractivity contribution >= 4 is 23.2 Å². The average Bonchev–Trinajstić information content (AvgIpc) is 2.61. The summed E-state index contributed by atoms with van der Waals surface area (Å²) in [7, 11) is 1.49. The van der Waals surface area contributed by atoms with Crippen LogP contribution in [0.2, 0.25) is 5.02 Å². The Morgan fingerprint density at radius 2 is 2.21 bits per heavy atom. The molecule has 0 unspecified atom stereocenters. The van der Waals surface area contributed by atoms with Gasteiger partial charge in [-0.2, -0.15) is 5.26 Å². The predicted octanol–water partition coefficient (Wildman–Crippen LogP) is 3.12. The van der Waals surface area contributed by atoms with Crippen LogP contribution in [0.15, 0.2) is 30.3 Å². The van der Waals surface area contributed by atoms with E-state index >= 15 is 0 Å². The van der Waals surface area contributed by atoms with Crippen LogP contribution in [-0.2, 0) is 13.0 Å². The van der Waals surface area contributed by atoms with Crippen molar-refractivity contribution in [3.63, 3.8) is 0 Å². The topological polar surface area (TPSA) is 74.2 Å². The van der Waals surface area contributed by atoms with Gasteiger partial charge in [0.2, 0.25) is 0 Å². The van der Waals surface area contributed by atoms with Gasteiger partial charge in [0.25, 0.3) is 5.91 Å². The number of halogens is 1. The van der Waals surface area contributed by atoms with Gasteiger partial charge in [0.15, 0.2) is 0 Å². The summed E-state index contributed by atoms with van der Waals surface area (Å²) in [4.78, 5) is 12.4. The Labute approximate surface area is 145 Å². The first-order valence-corrected chi connectivity index (χ1v) is 7.91. The van der Waals surface area contributed by atoms with E-state index in [4.69, 9.17) is 21.6 Å². The fourth-order valence-electron chi connectivity index (χ4n) is 2.78. The molecule has 6 heteroatoms. The third-order valence-electron chi connectivity index (χ3n) is 4.00.